The Morgan fingerprint density at radius 2 is 1.82 bits per heavy atom. The van der Waals surface area contributed by atoms with Gasteiger partial charge in [-0.3, -0.25) is 10.2 Å². The fraction of sp³-hybridized carbons (Fsp3) is 0.360. The zero-order valence-corrected chi connectivity index (χ0v) is 20.6. The third-order valence-electron chi connectivity index (χ3n) is 6.26. The van der Waals surface area contributed by atoms with Crippen LogP contribution in [0.1, 0.15) is 17.0 Å². The van der Waals surface area contributed by atoms with E-state index in [4.69, 9.17) is 9.47 Å². The molecule has 1 fully saturated rings. The second kappa shape index (κ2) is 11.4. The van der Waals surface area contributed by atoms with Gasteiger partial charge in [-0.2, -0.15) is 13.2 Å². The topological polar surface area (TPSA) is 80.7 Å². The fourth-order valence-corrected chi connectivity index (χ4v) is 4.50. The van der Waals surface area contributed by atoms with Gasteiger partial charge in [0.1, 0.15) is 0 Å². The number of methoxy groups -OCH3 is 2. The maximum atomic E-state index is 14.0. The van der Waals surface area contributed by atoms with E-state index in [2.05, 4.69) is 15.7 Å². The van der Waals surface area contributed by atoms with Crippen molar-refractivity contribution in [2.45, 2.75) is 18.1 Å². The molecule has 0 radical (unpaired) electrons. The van der Waals surface area contributed by atoms with Gasteiger partial charge >= 0.3 is 12.2 Å². The van der Waals surface area contributed by atoms with Crippen LogP contribution in [0.4, 0.5) is 32.6 Å². The predicted molar refractivity (Wildman–Crippen MR) is 128 cm³/mol. The molecule has 3 aromatic rings. The van der Waals surface area contributed by atoms with E-state index in [0.717, 1.165) is 23.9 Å². The first-order valence-corrected chi connectivity index (χ1v) is 11.7. The molecule has 13 heteroatoms. The number of aromatic nitrogens is 2. The number of hydrogen-bond donors (Lipinski definition) is 2. The highest BCUT2D eigenvalue weighted by Crippen LogP contribution is 2.42. The zero-order valence-electron chi connectivity index (χ0n) is 20.6. The summed E-state index contributed by atoms with van der Waals surface area (Å²) in [4.78, 5) is 15.1. The minimum atomic E-state index is -4.89. The van der Waals surface area contributed by atoms with E-state index < -0.39 is 53.1 Å². The van der Waals surface area contributed by atoms with Gasteiger partial charge in [0.05, 0.1) is 25.4 Å². The third-order valence-corrected chi connectivity index (χ3v) is 6.26. The lowest BCUT2D eigenvalue weighted by molar-refractivity contribution is -0.138. The van der Waals surface area contributed by atoms with E-state index in [1.54, 1.807) is 18.2 Å². The number of amides is 2. The Bertz CT molecular complexity index is 1270. The summed E-state index contributed by atoms with van der Waals surface area (Å²) < 4.78 is 80.5. The number of urea groups is 1. The lowest BCUT2D eigenvalue weighted by Crippen LogP contribution is -2.42. The Balaban J connectivity index is 1.63. The molecule has 0 spiro atoms. The maximum absolute atomic E-state index is 14.0. The van der Waals surface area contributed by atoms with Gasteiger partial charge in [-0.05, 0) is 29.8 Å². The number of nitrogens with one attached hydrogen (secondary N) is 2. The van der Waals surface area contributed by atoms with Crippen molar-refractivity contribution in [3.63, 3.8) is 0 Å². The molecule has 38 heavy (non-hydrogen) atoms. The number of carbonyl (C=O) groups excluding carboxylic acids is 1. The van der Waals surface area contributed by atoms with Crippen LogP contribution in [0.15, 0.2) is 48.5 Å². The Hall–Kier alpha value is -3.71. The Labute approximate surface area is 215 Å². The van der Waals surface area contributed by atoms with Crippen LogP contribution in [0.25, 0.3) is 5.69 Å². The van der Waals surface area contributed by atoms with E-state index in [0.29, 0.717) is 31.8 Å². The number of hydrogen-bond acceptors (Lipinski definition) is 5. The minimum absolute atomic E-state index is 0.267. The highest BCUT2D eigenvalue weighted by Gasteiger charge is 2.43. The molecule has 0 aliphatic carbocycles. The number of ether oxygens (including phenoxy) is 2. The largest absolute Gasteiger partial charge is 0.479 e. The molecule has 204 valence electrons. The van der Waals surface area contributed by atoms with Crippen molar-refractivity contribution in [3.05, 3.63) is 71.3 Å². The van der Waals surface area contributed by atoms with Crippen LogP contribution in [-0.4, -0.2) is 67.2 Å². The van der Waals surface area contributed by atoms with Gasteiger partial charge in [-0.15, -0.1) is 5.10 Å². The monoisotopic (exact) mass is 539 g/mol. The molecule has 1 saturated heterocycles. The summed E-state index contributed by atoms with van der Waals surface area (Å²) in [5.41, 5.74) is -0.534. The van der Waals surface area contributed by atoms with E-state index in [1.807, 2.05) is 4.90 Å². The van der Waals surface area contributed by atoms with Crippen molar-refractivity contribution in [1.82, 2.24) is 20.0 Å². The molecule has 1 aromatic heterocycles. The van der Waals surface area contributed by atoms with Crippen LogP contribution in [0.5, 0.6) is 5.88 Å². The molecule has 1 aliphatic heterocycles. The van der Waals surface area contributed by atoms with Crippen molar-refractivity contribution in [3.8, 4) is 11.6 Å². The van der Waals surface area contributed by atoms with Crippen molar-refractivity contribution < 1.29 is 36.2 Å². The molecular weight excluding hydrogens is 513 g/mol. The normalized spacial score (nSPS) is 18.0. The smallest absolute Gasteiger partial charge is 0.425 e. The average Bonchev–Trinajstić information content (AvgIpc) is 3.46. The van der Waals surface area contributed by atoms with E-state index >= 15 is 0 Å². The molecular formula is C25H26F5N5O3. The molecule has 2 N–H and O–H groups in total. The van der Waals surface area contributed by atoms with Gasteiger partial charge in [0.2, 0.25) is 5.88 Å². The first-order chi connectivity index (χ1) is 18.1. The van der Waals surface area contributed by atoms with Crippen LogP contribution in [0.3, 0.4) is 0 Å². The standard InChI is InChI=1S/C25H26F5N5O3/c1-37-11-10-34-13-17(15-8-9-18(26)19(27)12-15)20(14-34)31-24(36)32-22-21(25(28,29)30)23(38-2)33-35(22)16-6-4-3-5-7-16/h3-9,12,17,20H,10-11,13-14H2,1-2H3,(H2,31,32,36)/t17-,20+/m0/s1. The first kappa shape index (κ1) is 27.3. The van der Waals surface area contributed by atoms with Crippen molar-refractivity contribution in [2.75, 3.05) is 45.8 Å². The summed E-state index contributed by atoms with van der Waals surface area (Å²) in [6.07, 6.45) is -4.89. The fourth-order valence-electron chi connectivity index (χ4n) is 4.50. The van der Waals surface area contributed by atoms with Crippen molar-refractivity contribution in [1.29, 1.82) is 0 Å². The summed E-state index contributed by atoms with van der Waals surface area (Å²) >= 11 is 0. The highest BCUT2D eigenvalue weighted by atomic mass is 19.4. The second-order valence-corrected chi connectivity index (χ2v) is 8.72. The van der Waals surface area contributed by atoms with Crippen LogP contribution < -0.4 is 15.4 Å². The third kappa shape index (κ3) is 5.89. The molecule has 2 aromatic carbocycles. The highest BCUT2D eigenvalue weighted by molar-refractivity contribution is 5.90. The number of rotatable bonds is 8. The maximum Gasteiger partial charge on any atom is 0.425 e. The number of para-hydroxylation sites is 1. The Kier molecular flexibility index (Phi) is 8.17. The number of likely N-dealkylation sites (tertiary alicyclic amines) is 1. The van der Waals surface area contributed by atoms with Crippen LogP contribution in [-0.2, 0) is 10.9 Å². The summed E-state index contributed by atoms with van der Waals surface area (Å²) in [5, 5.41) is 8.90. The summed E-state index contributed by atoms with van der Waals surface area (Å²) in [5.74, 6) is -3.83. The average molecular weight is 540 g/mol. The van der Waals surface area contributed by atoms with Crippen LogP contribution in [0, 0.1) is 11.6 Å². The van der Waals surface area contributed by atoms with E-state index in [1.165, 1.54) is 25.3 Å². The lowest BCUT2D eigenvalue weighted by Gasteiger charge is -2.21. The molecule has 0 saturated carbocycles. The number of benzene rings is 2. The lowest BCUT2D eigenvalue weighted by atomic mass is 9.94. The molecule has 0 bridgehead atoms. The van der Waals surface area contributed by atoms with Gasteiger partial charge in [0.15, 0.2) is 23.0 Å². The number of nitrogens with zero attached hydrogens (tertiary/aromatic N) is 3. The summed E-state index contributed by atoms with van der Waals surface area (Å²) in [6.45, 7) is 1.61. The minimum Gasteiger partial charge on any atom is -0.479 e. The summed E-state index contributed by atoms with van der Waals surface area (Å²) in [7, 11) is 2.59. The van der Waals surface area contributed by atoms with Gasteiger partial charge in [-0.1, -0.05) is 24.3 Å². The molecule has 2 amide bonds. The quantitative estimate of drug-likeness (QED) is 0.415. The Morgan fingerprint density at radius 3 is 2.45 bits per heavy atom. The molecule has 8 nitrogen and oxygen atoms in total. The van der Waals surface area contributed by atoms with Crippen molar-refractivity contribution >= 4 is 11.8 Å². The van der Waals surface area contributed by atoms with Crippen molar-refractivity contribution in [2.24, 2.45) is 0 Å². The first-order valence-electron chi connectivity index (χ1n) is 11.7. The van der Waals surface area contributed by atoms with Crippen LogP contribution in [0.2, 0.25) is 0 Å². The molecule has 0 unspecified atom stereocenters. The SMILES string of the molecule is COCCN1C[C@@H](NC(=O)Nc2c(C(F)(F)F)c(OC)nn2-c2ccccc2)[C@H](c2ccc(F)c(F)c2)C1. The van der Waals surface area contributed by atoms with Gasteiger partial charge in [0.25, 0.3) is 0 Å². The molecule has 4 rings (SSSR count). The van der Waals surface area contributed by atoms with E-state index in [-0.39, 0.29) is 5.69 Å². The molecule has 2 atom stereocenters. The molecule has 1 aliphatic rings. The van der Waals surface area contributed by atoms with Gasteiger partial charge in [-0.25, -0.2) is 18.3 Å². The second-order valence-electron chi connectivity index (χ2n) is 8.72. The summed E-state index contributed by atoms with van der Waals surface area (Å²) in [6, 6.07) is 9.89. The van der Waals surface area contributed by atoms with Gasteiger partial charge < -0.3 is 14.8 Å². The number of anilines is 1. The van der Waals surface area contributed by atoms with Gasteiger partial charge in [0, 0.05) is 32.7 Å². The van der Waals surface area contributed by atoms with Crippen LogP contribution >= 0.6 is 0 Å². The van der Waals surface area contributed by atoms with E-state index in [9.17, 15) is 26.7 Å². The number of carbonyl (C=O) groups is 1. The number of alkyl halides is 3. The predicted octanol–water partition coefficient (Wildman–Crippen LogP) is 4.41. The number of halogens is 5. The molecule has 2 heterocycles. The zero-order chi connectivity index (χ0) is 27.4. The Morgan fingerprint density at radius 1 is 1.08 bits per heavy atom.